The molecule has 4 aromatic rings. The Hall–Kier alpha value is -1.77. The molecule has 1 aliphatic carbocycles. The molecule has 5 rings (SSSR count). The summed E-state index contributed by atoms with van der Waals surface area (Å²) in [6, 6.07) is 14.1. The summed E-state index contributed by atoms with van der Waals surface area (Å²) in [6.07, 6.45) is 0. The first kappa shape index (κ1) is 22.4. The predicted octanol–water partition coefficient (Wildman–Crippen LogP) is 6.73. The monoisotopic (exact) mass is 591 g/mol. The van der Waals surface area contributed by atoms with Crippen LogP contribution in [0.25, 0.3) is 27.6 Å². The van der Waals surface area contributed by atoms with Crippen molar-refractivity contribution in [1.29, 1.82) is 0 Å². The van der Waals surface area contributed by atoms with Crippen molar-refractivity contribution in [3.8, 4) is 0 Å². The van der Waals surface area contributed by atoms with Gasteiger partial charge in [0.1, 0.15) is 5.82 Å². The molecule has 0 amide bonds. The number of nitrogens with zero attached hydrogens (tertiary/aromatic N) is 3. The van der Waals surface area contributed by atoms with Crippen molar-refractivity contribution >= 4 is 27.6 Å². The summed E-state index contributed by atoms with van der Waals surface area (Å²) in [5.41, 5.74) is 7.12. The standard InChI is InChI=1S/C27H32N3.Ir/c1-24(2,3)23-29-19-13-11-10-12-16(19)22-28-20-14-17-18(15-21(20)30(22)23)26(6,7)27(8,9)25(17,4)5;/h10-11,13-15H,1-9H3;/q-1;. The van der Waals surface area contributed by atoms with Crippen LogP contribution in [0.5, 0.6) is 0 Å². The second-order valence-corrected chi connectivity index (χ2v) is 11.6. The van der Waals surface area contributed by atoms with E-state index in [2.05, 4.69) is 91.0 Å². The first-order valence-corrected chi connectivity index (χ1v) is 11.0. The third-order valence-corrected chi connectivity index (χ3v) is 8.43. The van der Waals surface area contributed by atoms with E-state index < -0.39 is 0 Å². The van der Waals surface area contributed by atoms with Gasteiger partial charge in [0.2, 0.25) is 0 Å². The van der Waals surface area contributed by atoms with Crippen LogP contribution >= 0.6 is 0 Å². The van der Waals surface area contributed by atoms with Gasteiger partial charge in [-0.3, -0.25) is 9.97 Å². The van der Waals surface area contributed by atoms with E-state index in [4.69, 9.17) is 9.97 Å². The molecule has 31 heavy (non-hydrogen) atoms. The van der Waals surface area contributed by atoms with Crippen LogP contribution < -0.4 is 0 Å². The normalized spacial score (nSPS) is 19.0. The van der Waals surface area contributed by atoms with Crippen molar-refractivity contribution < 1.29 is 20.1 Å². The van der Waals surface area contributed by atoms with E-state index in [1.807, 2.05) is 12.1 Å². The van der Waals surface area contributed by atoms with Crippen LogP contribution in [0, 0.1) is 11.5 Å². The number of fused-ring (bicyclic) bond motifs is 6. The van der Waals surface area contributed by atoms with E-state index in [9.17, 15) is 0 Å². The Balaban J connectivity index is 0.00000231. The molecule has 0 aliphatic heterocycles. The number of imidazole rings is 1. The summed E-state index contributed by atoms with van der Waals surface area (Å²) >= 11 is 0. The van der Waals surface area contributed by atoms with Gasteiger partial charge in [0.15, 0.2) is 0 Å². The van der Waals surface area contributed by atoms with Gasteiger partial charge in [0.25, 0.3) is 0 Å². The minimum Gasteiger partial charge on any atom is -0.321 e. The summed E-state index contributed by atoms with van der Waals surface area (Å²) in [5, 5.41) is 0.987. The smallest absolute Gasteiger partial charge is 0.102 e. The van der Waals surface area contributed by atoms with Gasteiger partial charge in [-0.15, -0.1) is 24.3 Å². The molecule has 2 aromatic heterocycles. The number of benzene rings is 2. The van der Waals surface area contributed by atoms with E-state index in [1.165, 1.54) is 11.1 Å². The van der Waals surface area contributed by atoms with Crippen LogP contribution in [0.2, 0.25) is 0 Å². The van der Waals surface area contributed by atoms with Crippen LogP contribution in [0.3, 0.4) is 0 Å². The molecule has 0 unspecified atom stereocenters. The SMILES string of the molecule is CC(C)(C)c1nc2ccc[c-]c2c2nc3cc4c(cc3n12)C(C)(C)C(C)(C)C4(C)C.[Ir]. The molecule has 0 saturated carbocycles. The van der Waals surface area contributed by atoms with Gasteiger partial charge in [0, 0.05) is 25.5 Å². The summed E-state index contributed by atoms with van der Waals surface area (Å²) in [6.45, 7) is 21.0. The summed E-state index contributed by atoms with van der Waals surface area (Å²) in [7, 11) is 0. The molecule has 1 radical (unpaired) electrons. The van der Waals surface area contributed by atoms with Crippen molar-refractivity contribution in [3.63, 3.8) is 0 Å². The molecule has 0 N–H and O–H groups in total. The number of aromatic nitrogens is 3. The number of rotatable bonds is 0. The zero-order valence-electron chi connectivity index (χ0n) is 20.1. The Labute approximate surface area is 199 Å². The summed E-state index contributed by atoms with van der Waals surface area (Å²) in [4.78, 5) is 10.2. The van der Waals surface area contributed by atoms with Gasteiger partial charge in [-0.1, -0.05) is 67.7 Å². The Morgan fingerprint density at radius 1 is 0.871 bits per heavy atom. The van der Waals surface area contributed by atoms with Gasteiger partial charge in [0.05, 0.1) is 16.7 Å². The van der Waals surface area contributed by atoms with Gasteiger partial charge in [-0.25, -0.2) is 0 Å². The van der Waals surface area contributed by atoms with Crippen LogP contribution in [0.1, 0.15) is 79.3 Å². The number of hydrogen-bond acceptors (Lipinski definition) is 2. The van der Waals surface area contributed by atoms with E-state index in [0.29, 0.717) is 0 Å². The Morgan fingerprint density at radius 2 is 1.48 bits per heavy atom. The molecule has 0 atom stereocenters. The zero-order valence-corrected chi connectivity index (χ0v) is 22.5. The minimum absolute atomic E-state index is 0. The van der Waals surface area contributed by atoms with Crippen molar-refractivity contribution in [2.45, 2.75) is 78.6 Å². The van der Waals surface area contributed by atoms with E-state index >= 15 is 0 Å². The second kappa shape index (κ2) is 6.39. The quantitative estimate of drug-likeness (QED) is 0.213. The molecule has 165 valence electrons. The van der Waals surface area contributed by atoms with Crippen molar-refractivity contribution in [1.82, 2.24) is 14.4 Å². The van der Waals surface area contributed by atoms with Gasteiger partial charge < -0.3 is 4.40 Å². The van der Waals surface area contributed by atoms with Crippen LogP contribution in [-0.4, -0.2) is 14.4 Å². The first-order chi connectivity index (χ1) is 13.8. The second-order valence-electron chi connectivity index (χ2n) is 11.6. The van der Waals surface area contributed by atoms with Crippen molar-refractivity contribution in [2.75, 3.05) is 0 Å². The maximum atomic E-state index is 5.15. The molecule has 4 heteroatoms. The molecule has 2 heterocycles. The predicted molar refractivity (Wildman–Crippen MR) is 125 cm³/mol. The zero-order chi connectivity index (χ0) is 21.9. The fourth-order valence-corrected chi connectivity index (χ4v) is 5.36. The molecular formula is C27H32IrN3-. The topological polar surface area (TPSA) is 30.2 Å². The third kappa shape index (κ3) is 2.67. The molecule has 3 nitrogen and oxygen atoms in total. The van der Waals surface area contributed by atoms with Gasteiger partial charge >= 0.3 is 0 Å². The van der Waals surface area contributed by atoms with Gasteiger partial charge in [-0.2, -0.15) is 0 Å². The van der Waals surface area contributed by atoms with E-state index in [0.717, 1.165) is 33.4 Å². The maximum absolute atomic E-state index is 5.15. The number of hydrogen-bond donors (Lipinski definition) is 0. The summed E-state index contributed by atoms with van der Waals surface area (Å²) in [5.74, 6) is 1.04. The average Bonchev–Trinajstić information content (AvgIpc) is 3.07. The van der Waals surface area contributed by atoms with E-state index in [1.54, 1.807) is 0 Å². The summed E-state index contributed by atoms with van der Waals surface area (Å²) < 4.78 is 2.28. The molecule has 0 saturated heterocycles. The largest absolute Gasteiger partial charge is 0.321 e. The van der Waals surface area contributed by atoms with Crippen molar-refractivity contribution in [2.24, 2.45) is 5.41 Å². The average molecular weight is 591 g/mol. The van der Waals surface area contributed by atoms with Crippen LogP contribution in [0.4, 0.5) is 0 Å². The molecule has 0 fully saturated rings. The fourth-order valence-electron chi connectivity index (χ4n) is 5.36. The van der Waals surface area contributed by atoms with Crippen molar-refractivity contribution in [3.05, 3.63) is 53.3 Å². The molecule has 0 spiro atoms. The minimum atomic E-state index is -0.108. The molecule has 2 aromatic carbocycles. The Bertz CT molecular complexity index is 1350. The van der Waals surface area contributed by atoms with Crippen LogP contribution in [0.15, 0.2) is 30.3 Å². The third-order valence-electron chi connectivity index (χ3n) is 8.43. The molecule has 1 aliphatic rings. The Kier molecular flexibility index (Phi) is 4.62. The van der Waals surface area contributed by atoms with E-state index in [-0.39, 0.29) is 41.8 Å². The first-order valence-electron chi connectivity index (χ1n) is 11.0. The van der Waals surface area contributed by atoms with Gasteiger partial charge in [-0.05, 0) is 45.0 Å². The fraction of sp³-hybridized carbons (Fsp3) is 0.481. The molecule has 0 bridgehead atoms. The van der Waals surface area contributed by atoms with Crippen LogP contribution in [-0.2, 0) is 36.4 Å². The molecular weight excluding hydrogens is 559 g/mol. The maximum Gasteiger partial charge on any atom is 0.102 e. The Morgan fingerprint density at radius 3 is 2.10 bits per heavy atom.